The Morgan fingerprint density at radius 1 is 1.26 bits per heavy atom. The molecular formula is C18H33N3O2. The number of unbranched alkanes of at least 4 members (excludes halogenated alkanes) is 2. The summed E-state index contributed by atoms with van der Waals surface area (Å²) in [5.41, 5.74) is 1.59. The number of nitrogens with zero attached hydrogens (tertiary/aromatic N) is 1. The predicted octanol–water partition coefficient (Wildman–Crippen LogP) is 3.17. The van der Waals surface area contributed by atoms with E-state index in [9.17, 15) is 4.79 Å². The molecule has 0 aromatic heterocycles. The lowest BCUT2D eigenvalue weighted by atomic mass is 9.97. The summed E-state index contributed by atoms with van der Waals surface area (Å²) < 4.78 is 4.63. The van der Waals surface area contributed by atoms with Crippen LogP contribution in [-0.2, 0) is 9.53 Å². The molecular weight excluding hydrogens is 290 g/mol. The van der Waals surface area contributed by atoms with E-state index in [1.807, 2.05) is 0 Å². The molecule has 0 atom stereocenters. The zero-order valence-electron chi connectivity index (χ0n) is 14.8. The van der Waals surface area contributed by atoms with Crippen LogP contribution in [0.5, 0.6) is 0 Å². The number of ether oxygens (including phenoxy) is 1. The van der Waals surface area contributed by atoms with Crippen LogP contribution in [-0.4, -0.2) is 38.7 Å². The molecule has 1 aliphatic rings. The van der Waals surface area contributed by atoms with Crippen LogP contribution in [0.2, 0.25) is 0 Å². The lowest BCUT2D eigenvalue weighted by Crippen LogP contribution is -2.38. The summed E-state index contributed by atoms with van der Waals surface area (Å²) in [5.74, 6) is 0.775. The number of carbonyl (C=O) groups excluding carboxylic acids is 1. The van der Waals surface area contributed by atoms with E-state index in [2.05, 4.69) is 33.4 Å². The Bertz CT molecular complexity index is 392. The Kier molecular flexibility index (Phi) is 11.0. The van der Waals surface area contributed by atoms with E-state index in [0.29, 0.717) is 6.42 Å². The van der Waals surface area contributed by atoms with Crippen LogP contribution in [0, 0.1) is 0 Å². The summed E-state index contributed by atoms with van der Waals surface area (Å²) in [6.45, 7) is 4.69. The fourth-order valence-electron chi connectivity index (χ4n) is 2.67. The second kappa shape index (κ2) is 13.0. The van der Waals surface area contributed by atoms with E-state index < -0.39 is 0 Å². The van der Waals surface area contributed by atoms with Crippen molar-refractivity contribution in [3.8, 4) is 0 Å². The summed E-state index contributed by atoms with van der Waals surface area (Å²) in [4.78, 5) is 15.6. The van der Waals surface area contributed by atoms with Gasteiger partial charge < -0.3 is 15.4 Å². The molecule has 5 nitrogen and oxygen atoms in total. The number of rotatable bonds is 10. The minimum atomic E-state index is -0.125. The van der Waals surface area contributed by atoms with Crippen LogP contribution in [0.15, 0.2) is 16.6 Å². The van der Waals surface area contributed by atoms with Crippen LogP contribution in [0.4, 0.5) is 0 Å². The Balaban J connectivity index is 2.16. The summed E-state index contributed by atoms with van der Waals surface area (Å²) in [5, 5.41) is 6.69. The monoisotopic (exact) mass is 323 g/mol. The summed E-state index contributed by atoms with van der Waals surface area (Å²) in [6, 6.07) is 0. The highest BCUT2D eigenvalue weighted by Gasteiger charge is 2.04. The molecule has 0 unspecified atom stereocenters. The van der Waals surface area contributed by atoms with E-state index in [4.69, 9.17) is 0 Å². The molecule has 0 radical (unpaired) electrons. The van der Waals surface area contributed by atoms with Gasteiger partial charge in [-0.1, -0.05) is 18.1 Å². The van der Waals surface area contributed by atoms with Crippen molar-refractivity contribution in [1.82, 2.24) is 10.6 Å². The minimum Gasteiger partial charge on any atom is -0.469 e. The predicted molar refractivity (Wildman–Crippen MR) is 95.6 cm³/mol. The molecule has 0 heterocycles. The fraction of sp³-hybridized carbons (Fsp3) is 0.778. The SMILES string of the molecule is CCNC(=NCCCCCC(=O)OC)NCCC1=CCCCC1. The van der Waals surface area contributed by atoms with Gasteiger partial charge in [0.2, 0.25) is 0 Å². The van der Waals surface area contributed by atoms with Crippen molar-refractivity contribution in [3.63, 3.8) is 0 Å². The third-order valence-electron chi connectivity index (χ3n) is 4.00. The summed E-state index contributed by atoms with van der Waals surface area (Å²) in [7, 11) is 1.43. The minimum absolute atomic E-state index is 0.125. The van der Waals surface area contributed by atoms with Gasteiger partial charge in [-0.05, 0) is 51.9 Å². The molecule has 0 bridgehead atoms. The van der Waals surface area contributed by atoms with Gasteiger partial charge in [0, 0.05) is 26.1 Å². The number of methoxy groups -OCH3 is 1. The molecule has 0 saturated heterocycles. The van der Waals surface area contributed by atoms with Crippen LogP contribution in [0.3, 0.4) is 0 Å². The average Bonchev–Trinajstić information content (AvgIpc) is 2.58. The number of guanidine groups is 1. The Hall–Kier alpha value is -1.52. The molecule has 0 aromatic rings. The van der Waals surface area contributed by atoms with E-state index in [1.165, 1.54) is 32.8 Å². The van der Waals surface area contributed by atoms with Crippen molar-refractivity contribution in [2.24, 2.45) is 4.99 Å². The number of allylic oxidation sites excluding steroid dienone is 1. The zero-order valence-corrected chi connectivity index (χ0v) is 14.8. The maximum atomic E-state index is 11.0. The van der Waals surface area contributed by atoms with Crippen LogP contribution >= 0.6 is 0 Å². The molecule has 0 amide bonds. The first-order valence-corrected chi connectivity index (χ1v) is 9.03. The molecule has 0 aromatic carbocycles. The lowest BCUT2D eigenvalue weighted by molar-refractivity contribution is -0.140. The Morgan fingerprint density at radius 3 is 2.83 bits per heavy atom. The van der Waals surface area contributed by atoms with E-state index in [-0.39, 0.29) is 5.97 Å². The first-order valence-electron chi connectivity index (χ1n) is 9.03. The number of hydrogen-bond acceptors (Lipinski definition) is 3. The van der Waals surface area contributed by atoms with Gasteiger partial charge in [-0.15, -0.1) is 0 Å². The molecule has 0 aliphatic heterocycles. The Labute approximate surface area is 141 Å². The fourth-order valence-corrected chi connectivity index (χ4v) is 2.67. The van der Waals surface area contributed by atoms with Crippen molar-refractivity contribution in [2.75, 3.05) is 26.7 Å². The standard InChI is InChI=1S/C18H33N3O2/c1-3-19-18(20-14-9-5-8-12-17(22)23-2)21-15-13-16-10-6-4-7-11-16/h10H,3-9,11-15H2,1-2H3,(H2,19,20,21). The maximum Gasteiger partial charge on any atom is 0.305 e. The third kappa shape index (κ3) is 9.97. The highest BCUT2D eigenvalue weighted by atomic mass is 16.5. The third-order valence-corrected chi connectivity index (χ3v) is 4.00. The van der Waals surface area contributed by atoms with Gasteiger partial charge in [-0.3, -0.25) is 9.79 Å². The quantitative estimate of drug-likeness (QED) is 0.213. The summed E-state index contributed by atoms with van der Waals surface area (Å²) in [6.07, 6.45) is 12.1. The van der Waals surface area contributed by atoms with Gasteiger partial charge in [-0.2, -0.15) is 0 Å². The van der Waals surface area contributed by atoms with Gasteiger partial charge in [0.05, 0.1) is 7.11 Å². The van der Waals surface area contributed by atoms with Crippen molar-refractivity contribution in [3.05, 3.63) is 11.6 Å². The van der Waals surface area contributed by atoms with Crippen LogP contribution in [0.1, 0.15) is 64.7 Å². The van der Waals surface area contributed by atoms with Gasteiger partial charge in [0.25, 0.3) is 0 Å². The topological polar surface area (TPSA) is 62.7 Å². The van der Waals surface area contributed by atoms with Crippen molar-refractivity contribution in [2.45, 2.75) is 64.7 Å². The molecule has 23 heavy (non-hydrogen) atoms. The average molecular weight is 323 g/mol. The summed E-state index contributed by atoms with van der Waals surface area (Å²) >= 11 is 0. The van der Waals surface area contributed by atoms with Gasteiger partial charge in [0.1, 0.15) is 0 Å². The van der Waals surface area contributed by atoms with E-state index >= 15 is 0 Å². The smallest absolute Gasteiger partial charge is 0.305 e. The highest BCUT2D eigenvalue weighted by molar-refractivity contribution is 5.79. The van der Waals surface area contributed by atoms with Crippen molar-refractivity contribution < 1.29 is 9.53 Å². The number of aliphatic imine (C=N–C) groups is 1. The highest BCUT2D eigenvalue weighted by Crippen LogP contribution is 2.19. The first kappa shape index (κ1) is 19.5. The van der Waals surface area contributed by atoms with Crippen molar-refractivity contribution in [1.29, 1.82) is 0 Å². The van der Waals surface area contributed by atoms with E-state index in [0.717, 1.165) is 51.3 Å². The zero-order chi connectivity index (χ0) is 16.8. The molecule has 2 N–H and O–H groups in total. The van der Waals surface area contributed by atoms with Gasteiger partial charge in [0.15, 0.2) is 5.96 Å². The second-order valence-corrected chi connectivity index (χ2v) is 5.93. The second-order valence-electron chi connectivity index (χ2n) is 5.93. The molecule has 5 heteroatoms. The molecule has 132 valence electrons. The Morgan fingerprint density at radius 2 is 2.13 bits per heavy atom. The van der Waals surface area contributed by atoms with Gasteiger partial charge in [-0.25, -0.2) is 0 Å². The normalized spacial score (nSPS) is 15.0. The first-order chi connectivity index (χ1) is 11.3. The van der Waals surface area contributed by atoms with Crippen LogP contribution < -0.4 is 10.6 Å². The number of carbonyl (C=O) groups is 1. The maximum absolute atomic E-state index is 11.0. The molecule has 1 aliphatic carbocycles. The number of hydrogen-bond donors (Lipinski definition) is 2. The van der Waals surface area contributed by atoms with Crippen molar-refractivity contribution >= 4 is 11.9 Å². The molecule has 1 rings (SSSR count). The molecule has 0 fully saturated rings. The number of esters is 1. The largest absolute Gasteiger partial charge is 0.469 e. The lowest BCUT2D eigenvalue weighted by Gasteiger charge is -2.15. The van der Waals surface area contributed by atoms with Gasteiger partial charge >= 0.3 is 5.97 Å². The number of nitrogens with one attached hydrogen (secondary N) is 2. The van der Waals surface area contributed by atoms with E-state index in [1.54, 1.807) is 5.57 Å². The molecule has 0 saturated carbocycles. The molecule has 0 spiro atoms. The van der Waals surface area contributed by atoms with Crippen LogP contribution in [0.25, 0.3) is 0 Å².